The molecule has 4 heterocycles. The fourth-order valence-corrected chi connectivity index (χ4v) is 6.96. The molecule has 0 bridgehead atoms. The van der Waals surface area contributed by atoms with E-state index >= 15 is 0 Å². The molecule has 46 heavy (non-hydrogen) atoms. The Morgan fingerprint density at radius 3 is 2.39 bits per heavy atom. The van der Waals surface area contributed by atoms with Crippen molar-refractivity contribution in [1.29, 1.82) is 0 Å². The summed E-state index contributed by atoms with van der Waals surface area (Å²) in [6, 6.07) is 11.7. The van der Waals surface area contributed by atoms with Gasteiger partial charge in [-0.15, -0.1) is 0 Å². The van der Waals surface area contributed by atoms with Gasteiger partial charge in [0.2, 0.25) is 0 Å². The first-order valence-electron chi connectivity index (χ1n) is 14.6. The molecule has 0 amide bonds. The zero-order valence-electron chi connectivity index (χ0n) is 24.8. The maximum atomic E-state index is 13.8. The van der Waals surface area contributed by atoms with Gasteiger partial charge < -0.3 is 14.9 Å². The number of aromatic nitrogens is 4. The van der Waals surface area contributed by atoms with Crippen LogP contribution in [0.3, 0.4) is 0 Å². The third-order valence-electron chi connectivity index (χ3n) is 8.34. The van der Waals surface area contributed by atoms with Gasteiger partial charge in [-0.3, -0.25) is 4.55 Å². The first-order valence-corrected chi connectivity index (χ1v) is 16.8. The summed E-state index contributed by atoms with van der Waals surface area (Å²) in [6.07, 6.45) is -1.02. The second kappa shape index (κ2) is 14.0. The Balaban J connectivity index is 0.000000356. The van der Waals surface area contributed by atoms with Gasteiger partial charge in [-0.2, -0.15) is 26.7 Å². The summed E-state index contributed by atoms with van der Waals surface area (Å²) in [7, 11) is -4.00. The Morgan fingerprint density at radius 2 is 1.78 bits per heavy atom. The van der Waals surface area contributed by atoms with Crippen molar-refractivity contribution in [3.8, 4) is 0 Å². The normalized spacial score (nSPS) is 18.6. The van der Waals surface area contributed by atoms with Crippen molar-refractivity contribution in [1.82, 2.24) is 24.6 Å². The predicted molar refractivity (Wildman–Crippen MR) is 169 cm³/mol. The number of likely N-dealkylation sites (tertiary alicyclic amines) is 1. The molecule has 2 aliphatic rings. The molecule has 2 saturated heterocycles. The van der Waals surface area contributed by atoms with E-state index in [2.05, 4.69) is 20.0 Å². The molecule has 2 N–H and O–H groups in total. The molecule has 0 aliphatic carbocycles. The van der Waals surface area contributed by atoms with Gasteiger partial charge in [0.1, 0.15) is 11.3 Å². The Kier molecular flexibility index (Phi) is 10.4. The third kappa shape index (κ3) is 7.75. The Bertz CT molecular complexity index is 1770. The molecular weight excluding hydrogens is 668 g/mol. The summed E-state index contributed by atoms with van der Waals surface area (Å²) in [6.45, 7) is 6.09. The molecule has 0 radical (unpaired) electrons. The van der Waals surface area contributed by atoms with Crippen LogP contribution < -0.4 is 4.90 Å². The van der Waals surface area contributed by atoms with Gasteiger partial charge in [0.05, 0.1) is 23.7 Å². The summed E-state index contributed by atoms with van der Waals surface area (Å²) in [5.74, 6) is 1.55. The monoisotopic (exact) mass is 700 g/mol. The SMILES string of the molecule is C[C@H](c1ccc(Cl)cc1Cl)n1nc(C(F)(F)F)c2ncc(N3CC([C@H]4CCCN(CCO)C4)C3)nc21.O=S(=O)(O)c1ccccc1. The van der Waals surface area contributed by atoms with Crippen molar-refractivity contribution in [2.24, 2.45) is 11.8 Å². The van der Waals surface area contributed by atoms with E-state index in [4.69, 9.17) is 27.8 Å². The van der Waals surface area contributed by atoms with E-state index < -0.39 is 28.0 Å². The smallest absolute Gasteiger partial charge is 0.395 e. The number of β-amino-alcohol motifs (C(OH)–C–C–N with tert-alkyl or cyclic N) is 1. The van der Waals surface area contributed by atoms with Crippen LogP contribution in [0.5, 0.6) is 0 Å². The van der Waals surface area contributed by atoms with Crippen molar-refractivity contribution in [2.45, 2.75) is 36.9 Å². The number of halogens is 5. The lowest BCUT2D eigenvalue weighted by Gasteiger charge is -2.47. The molecule has 248 valence electrons. The number of piperidine rings is 1. The summed E-state index contributed by atoms with van der Waals surface area (Å²) < 4.78 is 71.9. The van der Waals surface area contributed by atoms with E-state index in [0.29, 0.717) is 39.8 Å². The predicted octanol–water partition coefficient (Wildman–Crippen LogP) is 5.84. The zero-order chi connectivity index (χ0) is 33.2. The highest BCUT2D eigenvalue weighted by Crippen LogP contribution is 2.38. The number of hydrogen-bond acceptors (Lipinski definition) is 8. The van der Waals surface area contributed by atoms with Crippen LogP contribution in [0, 0.1) is 11.8 Å². The molecule has 2 fully saturated rings. The van der Waals surface area contributed by atoms with Crippen LogP contribution >= 0.6 is 23.2 Å². The molecule has 0 unspecified atom stereocenters. The van der Waals surface area contributed by atoms with Crippen molar-refractivity contribution < 1.29 is 31.2 Å². The number of fused-ring (bicyclic) bond motifs is 1. The van der Waals surface area contributed by atoms with Gasteiger partial charge in [0.25, 0.3) is 10.1 Å². The largest absolute Gasteiger partial charge is 0.437 e. The minimum absolute atomic E-state index is 0.0635. The first-order chi connectivity index (χ1) is 21.8. The molecule has 10 nitrogen and oxygen atoms in total. The van der Waals surface area contributed by atoms with E-state index in [1.165, 1.54) is 23.0 Å². The molecule has 0 saturated carbocycles. The van der Waals surface area contributed by atoms with Crippen LogP contribution in [0.15, 0.2) is 59.6 Å². The highest BCUT2D eigenvalue weighted by Gasteiger charge is 2.40. The topological polar surface area (TPSA) is 125 Å². The van der Waals surface area contributed by atoms with Crippen LogP contribution in [0.2, 0.25) is 10.0 Å². The van der Waals surface area contributed by atoms with Gasteiger partial charge >= 0.3 is 6.18 Å². The summed E-state index contributed by atoms with van der Waals surface area (Å²) in [5.41, 5.74) is -0.706. The molecule has 0 spiro atoms. The van der Waals surface area contributed by atoms with E-state index in [0.717, 1.165) is 39.0 Å². The first kappa shape index (κ1) is 34.3. The number of alkyl halides is 3. The lowest BCUT2D eigenvalue weighted by atomic mass is 9.80. The second-order valence-electron chi connectivity index (χ2n) is 11.4. The maximum Gasteiger partial charge on any atom is 0.437 e. The molecule has 2 aliphatic heterocycles. The molecule has 2 aromatic heterocycles. The minimum atomic E-state index is -4.67. The number of hydrogen-bond donors (Lipinski definition) is 2. The quantitative estimate of drug-likeness (QED) is 0.229. The van der Waals surface area contributed by atoms with Crippen LogP contribution in [-0.4, -0.2) is 82.1 Å². The van der Waals surface area contributed by atoms with E-state index in [-0.39, 0.29) is 22.7 Å². The van der Waals surface area contributed by atoms with Crippen LogP contribution in [0.1, 0.15) is 37.1 Å². The Morgan fingerprint density at radius 1 is 1.07 bits per heavy atom. The highest BCUT2D eigenvalue weighted by atomic mass is 35.5. The molecule has 2 aromatic carbocycles. The fraction of sp³-hybridized carbons (Fsp3) is 0.433. The molecular formula is C30H33Cl2F3N6O4S. The number of anilines is 1. The molecule has 2 atom stereocenters. The molecule has 4 aromatic rings. The van der Waals surface area contributed by atoms with Gasteiger partial charge in [0.15, 0.2) is 11.3 Å². The zero-order valence-corrected chi connectivity index (χ0v) is 27.1. The van der Waals surface area contributed by atoms with Gasteiger partial charge in [-0.05, 0) is 68.0 Å². The second-order valence-corrected chi connectivity index (χ2v) is 13.7. The number of benzene rings is 2. The van der Waals surface area contributed by atoms with Crippen molar-refractivity contribution in [3.63, 3.8) is 0 Å². The van der Waals surface area contributed by atoms with Crippen LogP contribution in [0.4, 0.5) is 19.0 Å². The van der Waals surface area contributed by atoms with E-state index in [1.54, 1.807) is 43.3 Å². The standard InChI is InChI=1S/C24H27Cl2F3N6O.C6H6O3S/c1-14(18-5-4-17(25)9-19(18)26)35-23-21(22(32-35)24(27,28)29)30-10-20(31-23)34-12-16(13-34)15-3-2-6-33(11-15)7-8-36;7-10(8,9)6-4-2-1-3-5-6/h4-5,9-10,14-16,36H,2-3,6-8,11-13H2,1H3;1-5H,(H,7,8,9)/t14-,15+;/m1./s1. The number of aliphatic hydroxyl groups excluding tert-OH is 1. The van der Waals surface area contributed by atoms with E-state index in [9.17, 15) is 26.7 Å². The average molecular weight is 702 g/mol. The lowest BCUT2D eigenvalue weighted by molar-refractivity contribution is -0.140. The van der Waals surface area contributed by atoms with Crippen molar-refractivity contribution in [2.75, 3.05) is 44.2 Å². The molecule has 16 heteroatoms. The Labute approximate surface area is 274 Å². The Hall–Kier alpha value is -3.01. The summed E-state index contributed by atoms with van der Waals surface area (Å²) in [4.78, 5) is 13.0. The summed E-state index contributed by atoms with van der Waals surface area (Å²) >= 11 is 12.3. The number of aliphatic hydroxyl groups is 1. The van der Waals surface area contributed by atoms with Crippen molar-refractivity contribution in [3.05, 3.63) is 76.0 Å². The molecule has 6 rings (SSSR count). The van der Waals surface area contributed by atoms with Gasteiger partial charge in [-0.25, -0.2) is 14.6 Å². The number of rotatable bonds is 7. The minimum Gasteiger partial charge on any atom is -0.395 e. The highest BCUT2D eigenvalue weighted by molar-refractivity contribution is 7.85. The maximum absolute atomic E-state index is 13.8. The van der Waals surface area contributed by atoms with Crippen molar-refractivity contribution >= 4 is 50.3 Å². The van der Waals surface area contributed by atoms with E-state index in [1.807, 2.05) is 4.90 Å². The number of nitrogens with zero attached hydrogens (tertiary/aromatic N) is 6. The van der Waals surface area contributed by atoms with Crippen LogP contribution in [-0.2, 0) is 16.3 Å². The lowest BCUT2D eigenvalue weighted by Crippen LogP contribution is -2.54. The van der Waals surface area contributed by atoms with Gasteiger partial charge in [0, 0.05) is 36.2 Å². The van der Waals surface area contributed by atoms with Crippen LogP contribution in [0.25, 0.3) is 11.2 Å². The average Bonchev–Trinajstić information content (AvgIpc) is 3.37. The third-order valence-corrected chi connectivity index (χ3v) is 9.77. The fourth-order valence-electron chi connectivity index (χ4n) is 5.90. The van der Waals surface area contributed by atoms with Gasteiger partial charge in [-0.1, -0.05) is 47.5 Å². The summed E-state index contributed by atoms with van der Waals surface area (Å²) in [5, 5.41) is 13.9.